The van der Waals surface area contributed by atoms with Crippen molar-refractivity contribution in [3.05, 3.63) is 30.0 Å². The van der Waals surface area contributed by atoms with Gasteiger partial charge in [0.05, 0.1) is 11.7 Å². The van der Waals surface area contributed by atoms with Crippen molar-refractivity contribution in [1.82, 2.24) is 10.2 Å². The molecule has 0 fully saturated rings. The second-order valence-corrected chi connectivity index (χ2v) is 3.08. The molecule has 0 aliphatic rings. The number of aliphatic hydroxyl groups excluding tert-OH is 1. The molecule has 68 valence electrons. The van der Waals surface area contributed by atoms with Crippen LogP contribution < -0.4 is 0 Å². The Labute approximate surface area is 76.4 Å². The third-order valence-corrected chi connectivity index (χ3v) is 2.17. The number of hydrogen-bond acceptors (Lipinski definition) is 2. The van der Waals surface area contributed by atoms with Crippen molar-refractivity contribution in [2.24, 2.45) is 0 Å². The molecule has 0 aliphatic heterocycles. The summed E-state index contributed by atoms with van der Waals surface area (Å²) in [5.41, 5.74) is 2.32. The number of nitrogens with one attached hydrogen (secondary N) is 1. The van der Waals surface area contributed by atoms with Gasteiger partial charge in [0, 0.05) is 12.0 Å². The first-order chi connectivity index (χ1) is 6.42. The van der Waals surface area contributed by atoms with E-state index in [9.17, 15) is 0 Å². The first-order valence-corrected chi connectivity index (χ1v) is 4.43. The minimum absolute atomic E-state index is 0.241. The van der Waals surface area contributed by atoms with Crippen LogP contribution >= 0.6 is 0 Å². The minimum atomic E-state index is 0.241. The Bertz CT molecular complexity index is 394. The van der Waals surface area contributed by atoms with Crippen molar-refractivity contribution in [3.63, 3.8) is 0 Å². The Kier molecular flexibility index (Phi) is 2.27. The van der Waals surface area contributed by atoms with Crippen molar-refractivity contribution < 1.29 is 5.11 Å². The molecular weight excluding hydrogens is 164 g/mol. The highest BCUT2D eigenvalue weighted by atomic mass is 16.2. The Balaban J connectivity index is 2.37. The predicted octanol–water partition coefficient (Wildman–Crippen LogP) is 1.49. The molecule has 0 amide bonds. The maximum atomic E-state index is 8.72. The van der Waals surface area contributed by atoms with Gasteiger partial charge in [-0.2, -0.15) is 5.10 Å². The van der Waals surface area contributed by atoms with Gasteiger partial charge in [-0.3, -0.25) is 5.10 Å². The molecule has 3 heteroatoms. The number of H-pyrrole nitrogens is 1. The fourth-order valence-corrected chi connectivity index (χ4v) is 1.51. The molecule has 1 aromatic carbocycles. The molecule has 2 N–H and O–H groups in total. The SMILES string of the molecule is OCCCc1cccc2cn[nH]c12. The first-order valence-electron chi connectivity index (χ1n) is 4.43. The molecule has 13 heavy (non-hydrogen) atoms. The van der Waals surface area contributed by atoms with Gasteiger partial charge in [0.25, 0.3) is 0 Å². The van der Waals surface area contributed by atoms with E-state index in [1.54, 1.807) is 0 Å². The molecule has 2 aromatic rings. The number of hydrogen-bond donors (Lipinski definition) is 2. The molecule has 0 bridgehead atoms. The van der Waals surface area contributed by atoms with Crippen molar-refractivity contribution in [3.8, 4) is 0 Å². The number of fused-ring (bicyclic) bond motifs is 1. The zero-order valence-corrected chi connectivity index (χ0v) is 7.33. The molecule has 1 aromatic heterocycles. The largest absolute Gasteiger partial charge is 0.396 e. The van der Waals surface area contributed by atoms with Gasteiger partial charge in [-0.25, -0.2) is 0 Å². The van der Waals surface area contributed by atoms with Crippen molar-refractivity contribution >= 4 is 10.9 Å². The van der Waals surface area contributed by atoms with Crippen LogP contribution in [0.1, 0.15) is 12.0 Å². The monoisotopic (exact) mass is 176 g/mol. The van der Waals surface area contributed by atoms with Gasteiger partial charge in [-0.05, 0) is 18.4 Å². The van der Waals surface area contributed by atoms with Crippen molar-refractivity contribution in [2.45, 2.75) is 12.8 Å². The number of benzene rings is 1. The maximum absolute atomic E-state index is 8.72. The Morgan fingerprint density at radius 3 is 3.15 bits per heavy atom. The van der Waals surface area contributed by atoms with E-state index in [-0.39, 0.29) is 6.61 Å². The lowest BCUT2D eigenvalue weighted by atomic mass is 10.1. The number of aromatic amines is 1. The molecule has 2 rings (SSSR count). The zero-order valence-electron chi connectivity index (χ0n) is 7.33. The lowest BCUT2D eigenvalue weighted by Gasteiger charge is -2.00. The number of para-hydroxylation sites is 1. The Hall–Kier alpha value is -1.35. The van der Waals surface area contributed by atoms with E-state index in [0.717, 1.165) is 23.7 Å². The lowest BCUT2D eigenvalue weighted by Crippen LogP contribution is -1.90. The van der Waals surface area contributed by atoms with Crippen LogP contribution in [0.25, 0.3) is 10.9 Å². The highest BCUT2D eigenvalue weighted by Gasteiger charge is 2.00. The first kappa shape index (κ1) is 8.26. The van der Waals surface area contributed by atoms with Crippen LogP contribution in [0.4, 0.5) is 0 Å². The van der Waals surface area contributed by atoms with Gasteiger partial charge in [0.15, 0.2) is 0 Å². The minimum Gasteiger partial charge on any atom is -0.396 e. The topological polar surface area (TPSA) is 48.9 Å². The third-order valence-electron chi connectivity index (χ3n) is 2.17. The standard InChI is InChI=1S/C10H12N2O/c13-6-2-5-8-3-1-4-9-7-11-12-10(8)9/h1,3-4,7,13H,2,5-6H2,(H,11,12). The summed E-state index contributed by atoms with van der Waals surface area (Å²) in [6, 6.07) is 6.11. The van der Waals surface area contributed by atoms with Gasteiger partial charge in [-0.15, -0.1) is 0 Å². The van der Waals surface area contributed by atoms with E-state index in [1.807, 2.05) is 18.3 Å². The highest BCUT2D eigenvalue weighted by Crippen LogP contribution is 2.16. The molecule has 1 heterocycles. The summed E-state index contributed by atoms with van der Waals surface area (Å²) >= 11 is 0. The van der Waals surface area contributed by atoms with Crippen molar-refractivity contribution in [1.29, 1.82) is 0 Å². The summed E-state index contributed by atoms with van der Waals surface area (Å²) in [7, 11) is 0. The second kappa shape index (κ2) is 3.58. The molecule has 0 spiro atoms. The van der Waals surface area contributed by atoms with Gasteiger partial charge in [0.2, 0.25) is 0 Å². The summed E-state index contributed by atoms with van der Waals surface area (Å²) in [5.74, 6) is 0. The van der Waals surface area contributed by atoms with E-state index in [2.05, 4.69) is 16.3 Å². The highest BCUT2D eigenvalue weighted by molar-refractivity contribution is 5.81. The van der Waals surface area contributed by atoms with Crippen molar-refractivity contribution in [2.75, 3.05) is 6.61 Å². The van der Waals surface area contributed by atoms with Crippen LogP contribution in [0.3, 0.4) is 0 Å². The van der Waals surface area contributed by atoms with Gasteiger partial charge in [-0.1, -0.05) is 18.2 Å². The van der Waals surface area contributed by atoms with Crippen LogP contribution in [-0.2, 0) is 6.42 Å². The van der Waals surface area contributed by atoms with Crippen LogP contribution in [-0.4, -0.2) is 21.9 Å². The molecule has 0 atom stereocenters. The normalized spacial score (nSPS) is 10.8. The molecule has 0 aliphatic carbocycles. The average Bonchev–Trinajstić information content (AvgIpc) is 2.62. The smallest absolute Gasteiger partial charge is 0.0682 e. The number of aromatic nitrogens is 2. The summed E-state index contributed by atoms with van der Waals surface area (Å²) in [5, 5.41) is 16.8. The number of aliphatic hydroxyl groups is 1. The van der Waals surface area contributed by atoms with Gasteiger partial charge >= 0.3 is 0 Å². The van der Waals surface area contributed by atoms with Crippen LogP contribution in [0, 0.1) is 0 Å². The summed E-state index contributed by atoms with van der Waals surface area (Å²) < 4.78 is 0. The van der Waals surface area contributed by atoms with Gasteiger partial charge in [0.1, 0.15) is 0 Å². The third kappa shape index (κ3) is 1.55. The fraction of sp³-hybridized carbons (Fsp3) is 0.300. The summed E-state index contributed by atoms with van der Waals surface area (Å²) in [4.78, 5) is 0. The van der Waals surface area contributed by atoms with E-state index < -0.39 is 0 Å². The van der Waals surface area contributed by atoms with E-state index >= 15 is 0 Å². The molecule has 3 nitrogen and oxygen atoms in total. The summed E-state index contributed by atoms with van der Waals surface area (Å²) in [6.07, 6.45) is 3.52. The number of aryl methyl sites for hydroxylation is 1. The maximum Gasteiger partial charge on any atom is 0.0682 e. The van der Waals surface area contributed by atoms with E-state index in [0.29, 0.717) is 0 Å². The predicted molar refractivity (Wildman–Crippen MR) is 51.5 cm³/mol. The van der Waals surface area contributed by atoms with Crippen LogP contribution in [0.15, 0.2) is 24.4 Å². The Morgan fingerprint density at radius 1 is 1.38 bits per heavy atom. The number of rotatable bonds is 3. The van der Waals surface area contributed by atoms with E-state index in [4.69, 9.17) is 5.11 Å². The fourth-order valence-electron chi connectivity index (χ4n) is 1.51. The number of nitrogens with zero attached hydrogens (tertiary/aromatic N) is 1. The van der Waals surface area contributed by atoms with Crippen LogP contribution in [0.5, 0.6) is 0 Å². The molecule has 0 saturated carbocycles. The van der Waals surface area contributed by atoms with E-state index in [1.165, 1.54) is 5.56 Å². The van der Waals surface area contributed by atoms with Gasteiger partial charge < -0.3 is 5.11 Å². The zero-order chi connectivity index (χ0) is 9.10. The van der Waals surface area contributed by atoms with Crippen LogP contribution in [0.2, 0.25) is 0 Å². The molecular formula is C10H12N2O. The molecule has 0 saturated heterocycles. The average molecular weight is 176 g/mol. The molecule has 0 radical (unpaired) electrons. The quantitative estimate of drug-likeness (QED) is 0.744. The molecule has 0 unspecified atom stereocenters. The summed E-state index contributed by atoms with van der Waals surface area (Å²) in [6.45, 7) is 0.241. The Morgan fingerprint density at radius 2 is 2.31 bits per heavy atom. The lowest BCUT2D eigenvalue weighted by molar-refractivity contribution is 0.288. The second-order valence-electron chi connectivity index (χ2n) is 3.08.